The predicted octanol–water partition coefficient (Wildman–Crippen LogP) is 2.36. The van der Waals surface area contributed by atoms with Gasteiger partial charge in [-0.25, -0.2) is 0 Å². The Bertz CT molecular complexity index is 231. The molecule has 13 heavy (non-hydrogen) atoms. The molecule has 0 saturated carbocycles. The molecule has 0 fully saturated rings. The van der Waals surface area contributed by atoms with Crippen molar-refractivity contribution in [1.29, 1.82) is 0 Å². The number of anilines is 1. The molecule has 2 N–H and O–H groups in total. The van der Waals surface area contributed by atoms with Gasteiger partial charge in [0.05, 0.1) is 0 Å². The van der Waals surface area contributed by atoms with E-state index in [2.05, 4.69) is 11.0 Å². The summed E-state index contributed by atoms with van der Waals surface area (Å²) in [5.74, 6) is 0. The third-order valence-corrected chi connectivity index (χ3v) is 1.45. The zero-order chi connectivity index (χ0) is 10.3. The van der Waals surface area contributed by atoms with Gasteiger partial charge in [-0.3, -0.25) is 0 Å². The molecule has 74 valence electrons. The van der Waals surface area contributed by atoms with Gasteiger partial charge in [0, 0.05) is 12.2 Å². The van der Waals surface area contributed by atoms with Crippen molar-refractivity contribution >= 4 is 5.69 Å². The van der Waals surface area contributed by atoms with Crippen molar-refractivity contribution in [3.63, 3.8) is 0 Å². The molecule has 0 spiro atoms. The average Bonchev–Trinajstić information content (AvgIpc) is 2.06. The second kappa shape index (κ2) is 6.49. The summed E-state index contributed by atoms with van der Waals surface area (Å²) in [7, 11) is 4.09. The van der Waals surface area contributed by atoms with Crippen molar-refractivity contribution in [2.45, 2.75) is 20.4 Å². The zero-order valence-corrected chi connectivity index (χ0v) is 9.04. The van der Waals surface area contributed by atoms with Crippen LogP contribution in [-0.2, 0) is 6.54 Å². The van der Waals surface area contributed by atoms with Crippen molar-refractivity contribution in [2.24, 2.45) is 0 Å². The van der Waals surface area contributed by atoms with E-state index in [0.29, 0.717) is 0 Å². The van der Waals surface area contributed by atoms with Crippen molar-refractivity contribution in [3.8, 4) is 0 Å². The fourth-order valence-corrected chi connectivity index (χ4v) is 1.06. The molecule has 0 saturated heterocycles. The van der Waals surface area contributed by atoms with Crippen molar-refractivity contribution < 1.29 is 0 Å². The van der Waals surface area contributed by atoms with Gasteiger partial charge in [0.2, 0.25) is 0 Å². The van der Waals surface area contributed by atoms with E-state index >= 15 is 0 Å². The second-order valence-electron chi connectivity index (χ2n) is 2.98. The van der Waals surface area contributed by atoms with Crippen LogP contribution in [0.1, 0.15) is 19.4 Å². The molecule has 0 unspecified atom stereocenters. The number of nitrogen functional groups attached to an aromatic ring is 1. The van der Waals surface area contributed by atoms with Crippen LogP contribution >= 0.6 is 0 Å². The first-order valence-electron chi connectivity index (χ1n) is 4.67. The maximum Gasteiger partial charge on any atom is 0.0317 e. The van der Waals surface area contributed by atoms with Gasteiger partial charge in [-0.15, -0.1) is 0 Å². The summed E-state index contributed by atoms with van der Waals surface area (Å²) >= 11 is 0. The minimum atomic E-state index is 0.837. The molecule has 0 atom stereocenters. The van der Waals surface area contributed by atoms with Crippen LogP contribution in [0.3, 0.4) is 0 Å². The first-order valence-corrected chi connectivity index (χ1v) is 4.67. The van der Waals surface area contributed by atoms with Crippen molar-refractivity contribution in [2.75, 3.05) is 19.8 Å². The number of nitrogens with zero attached hydrogens (tertiary/aromatic N) is 1. The lowest BCUT2D eigenvalue weighted by Gasteiger charge is -2.09. The van der Waals surface area contributed by atoms with Crippen LogP contribution in [0.4, 0.5) is 5.69 Å². The van der Waals surface area contributed by atoms with Gasteiger partial charge in [0.1, 0.15) is 0 Å². The summed E-state index contributed by atoms with van der Waals surface area (Å²) in [5, 5.41) is 0. The van der Waals surface area contributed by atoms with E-state index in [1.807, 2.05) is 46.1 Å². The smallest absolute Gasteiger partial charge is 0.0317 e. The molecule has 0 radical (unpaired) electrons. The van der Waals surface area contributed by atoms with Crippen LogP contribution in [-0.4, -0.2) is 19.0 Å². The summed E-state index contributed by atoms with van der Waals surface area (Å²) in [4.78, 5) is 2.12. The van der Waals surface area contributed by atoms with Gasteiger partial charge >= 0.3 is 0 Å². The molecular weight excluding hydrogens is 160 g/mol. The predicted molar refractivity (Wildman–Crippen MR) is 59.6 cm³/mol. The van der Waals surface area contributed by atoms with Gasteiger partial charge in [-0.05, 0) is 31.8 Å². The second-order valence-corrected chi connectivity index (χ2v) is 2.98. The lowest BCUT2D eigenvalue weighted by Crippen LogP contribution is -2.10. The molecule has 0 aliphatic rings. The normalized spacial score (nSPS) is 9.31. The summed E-state index contributed by atoms with van der Waals surface area (Å²) < 4.78 is 0. The Morgan fingerprint density at radius 3 is 2.31 bits per heavy atom. The number of rotatable bonds is 2. The van der Waals surface area contributed by atoms with E-state index < -0.39 is 0 Å². The highest BCUT2D eigenvalue weighted by atomic mass is 15.0. The topological polar surface area (TPSA) is 29.3 Å². The monoisotopic (exact) mass is 180 g/mol. The number of hydrogen-bond acceptors (Lipinski definition) is 2. The minimum Gasteiger partial charge on any atom is -0.399 e. The Balaban J connectivity index is 0.000000671. The van der Waals surface area contributed by atoms with Crippen molar-refractivity contribution in [1.82, 2.24) is 4.90 Å². The van der Waals surface area contributed by atoms with Gasteiger partial charge in [-0.2, -0.15) is 0 Å². The number of nitrogens with two attached hydrogens (primary N) is 1. The number of hydrogen-bond donors (Lipinski definition) is 1. The molecule has 1 aromatic rings. The van der Waals surface area contributed by atoms with E-state index in [1.165, 1.54) is 5.56 Å². The molecule has 0 aliphatic heterocycles. The summed E-state index contributed by atoms with van der Waals surface area (Å²) in [6, 6.07) is 7.96. The standard InChI is InChI=1S/C9H14N2.C2H6/c1-11(2)7-8-4-3-5-9(10)6-8;1-2/h3-6H,7,10H2,1-2H3;1-2H3. The Kier molecular flexibility index (Phi) is 5.98. The summed E-state index contributed by atoms with van der Waals surface area (Å²) in [6.07, 6.45) is 0. The van der Waals surface area contributed by atoms with Crippen molar-refractivity contribution in [3.05, 3.63) is 29.8 Å². The molecule has 0 amide bonds. The quantitative estimate of drug-likeness (QED) is 0.708. The lowest BCUT2D eigenvalue weighted by molar-refractivity contribution is 0.402. The van der Waals surface area contributed by atoms with Crippen LogP contribution < -0.4 is 5.73 Å². The fourth-order valence-electron chi connectivity index (χ4n) is 1.06. The highest BCUT2D eigenvalue weighted by Crippen LogP contribution is 2.07. The largest absolute Gasteiger partial charge is 0.399 e. The van der Waals surface area contributed by atoms with Crippen LogP contribution in [0.25, 0.3) is 0 Å². The maximum atomic E-state index is 5.62. The SMILES string of the molecule is CC.CN(C)Cc1cccc(N)c1. The third-order valence-electron chi connectivity index (χ3n) is 1.45. The molecule has 0 bridgehead atoms. The molecule has 0 heterocycles. The molecular formula is C11H20N2. The Morgan fingerprint density at radius 2 is 1.85 bits per heavy atom. The minimum absolute atomic E-state index is 0.837. The number of benzene rings is 1. The van der Waals surface area contributed by atoms with Gasteiger partial charge in [0.25, 0.3) is 0 Å². The first kappa shape index (κ1) is 12.0. The summed E-state index contributed by atoms with van der Waals surface area (Å²) in [6.45, 7) is 4.95. The van der Waals surface area contributed by atoms with Crippen LogP contribution in [0.5, 0.6) is 0 Å². The van der Waals surface area contributed by atoms with Crippen LogP contribution in [0.15, 0.2) is 24.3 Å². The van der Waals surface area contributed by atoms with Gasteiger partial charge in [0.15, 0.2) is 0 Å². The first-order chi connectivity index (χ1) is 6.18. The Hall–Kier alpha value is -1.02. The van der Waals surface area contributed by atoms with Crippen LogP contribution in [0, 0.1) is 0 Å². The molecule has 2 nitrogen and oxygen atoms in total. The lowest BCUT2D eigenvalue weighted by atomic mass is 10.2. The van der Waals surface area contributed by atoms with E-state index in [9.17, 15) is 0 Å². The Morgan fingerprint density at radius 1 is 1.23 bits per heavy atom. The molecule has 1 rings (SSSR count). The molecule has 0 aromatic heterocycles. The zero-order valence-electron chi connectivity index (χ0n) is 9.04. The highest BCUT2D eigenvalue weighted by molar-refractivity contribution is 5.40. The van der Waals surface area contributed by atoms with E-state index in [-0.39, 0.29) is 0 Å². The van der Waals surface area contributed by atoms with Gasteiger partial charge < -0.3 is 10.6 Å². The van der Waals surface area contributed by atoms with E-state index in [0.717, 1.165) is 12.2 Å². The fraction of sp³-hybridized carbons (Fsp3) is 0.455. The molecule has 2 heteroatoms. The summed E-state index contributed by atoms with van der Waals surface area (Å²) in [5.41, 5.74) is 7.71. The maximum absolute atomic E-state index is 5.62. The Labute approximate surface area is 81.4 Å². The third kappa shape index (κ3) is 5.26. The van der Waals surface area contributed by atoms with E-state index in [4.69, 9.17) is 5.73 Å². The molecule has 0 aliphatic carbocycles. The van der Waals surface area contributed by atoms with Gasteiger partial charge in [-0.1, -0.05) is 26.0 Å². The average molecular weight is 180 g/mol. The highest BCUT2D eigenvalue weighted by Gasteiger charge is 1.93. The van der Waals surface area contributed by atoms with E-state index in [1.54, 1.807) is 0 Å². The van der Waals surface area contributed by atoms with Crippen LogP contribution in [0.2, 0.25) is 0 Å². The molecule has 1 aromatic carbocycles.